The summed E-state index contributed by atoms with van der Waals surface area (Å²) in [6, 6.07) is 10.0. The van der Waals surface area contributed by atoms with Crippen LogP contribution in [0.5, 0.6) is 5.75 Å². The molecule has 9 nitrogen and oxygen atoms in total. The van der Waals surface area contributed by atoms with Gasteiger partial charge in [-0.05, 0) is 43.3 Å². The molecule has 0 saturated carbocycles. The first-order valence-electron chi connectivity index (χ1n) is 9.47. The first-order valence-corrected chi connectivity index (χ1v) is 9.47. The molecule has 158 valence electrons. The number of carbonyl (C=O) groups excluding carboxylic acids is 2. The van der Waals surface area contributed by atoms with Crippen molar-refractivity contribution in [2.75, 3.05) is 32.6 Å². The topological polar surface area (TPSA) is 116 Å². The SMILES string of the molecule is COc1ccc(C(=O)Nc2cc(-c3ccco3)n(C)n2)cc1C(=O)N(C)CCCN. The summed E-state index contributed by atoms with van der Waals surface area (Å²) in [5.74, 6) is 0.781. The lowest BCUT2D eigenvalue weighted by molar-refractivity contribution is 0.0791. The van der Waals surface area contributed by atoms with Crippen molar-refractivity contribution in [3.05, 3.63) is 53.8 Å². The van der Waals surface area contributed by atoms with Gasteiger partial charge >= 0.3 is 0 Å². The molecule has 0 bridgehead atoms. The summed E-state index contributed by atoms with van der Waals surface area (Å²) in [7, 11) is 4.93. The van der Waals surface area contributed by atoms with Gasteiger partial charge in [-0.1, -0.05) is 0 Å². The fourth-order valence-electron chi connectivity index (χ4n) is 3.02. The van der Waals surface area contributed by atoms with Gasteiger partial charge in [-0.15, -0.1) is 0 Å². The van der Waals surface area contributed by atoms with Crippen LogP contribution in [0.2, 0.25) is 0 Å². The van der Waals surface area contributed by atoms with Gasteiger partial charge in [0.05, 0.1) is 18.9 Å². The molecule has 0 unspecified atom stereocenters. The van der Waals surface area contributed by atoms with Crippen molar-refractivity contribution in [3.8, 4) is 17.2 Å². The van der Waals surface area contributed by atoms with Crippen LogP contribution in [0, 0.1) is 0 Å². The lowest BCUT2D eigenvalue weighted by Crippen LogP contribution is -2.29. The number of nitrogens with two attached hydrogens (primary N) is 1. The Morgan fingerprint density at radius 2 is 2.10 bits per heavy atom. The predicted octanol–water partition coefficient (Wildman–Crippen LogP) is 2.36. The summed E-state index contributed by atoms with van der Waals surface area (Å²) in [4.78, 5) is 27.1. The molecule has 2 heterocycles. The first-order chi connectivity index (χ1) is 14.4. The zero-order chi connectivity index (χ0) is 21.7. The number of benzene rings is 1. The van der Waals surface area contributed by atoms with Gasteiger partial charge in [0.25, 0.3) is 11.8 Å². The maximum absolute atomic E-state index is 12.8. The van der Waals surface area contributed by atoms with E-state index in [1.165, 1.54) is 13.2 Å². The number of hydrogen-bond acceptors (Lipinski definition) is 6. The quantitative estimate of drug-likeness (QED) is 0.588. The van der Waals surface area contributed by atoms with Crippen LogP contribution in [-0.4, -0.2) is 53.7 Å². The lowest BCUT2D eigenvalue weighted by atomic mass is 10.1. The molecule has 9 heteroatoms. The third-order valence-electron chi connectivity index (χ3n) is 4.63. The maximum atomic E-state index is 12.8. The molecule has 0 spiro atoms. The highest BCUT2D eigenvalue weighted by atomic mass is 16.5. The smallest absolute Gasteiger partial charge is 0.257 e. The number of hydrogen-bond donors (Lipinski definition) is 2. The van der Waals surface area contributed by atoms with Crippen molar-refractivity contribution in [2.45, 2.75) is 6.42 Å². The van der Waals surface area contributed by atoms with Crippen LogP contribution >= 0.6 is 0 Å². The van der Waals surface area contributed by atoms with Crippen molar-refractivity contribution in [1.82, 2.24) is 14.7 Å². The summed E-state index contributed by atoms with van der Waals surface area (Å²) in [5.41, 5.74) is 6.87. The Bertz CT molecular complexity index is 1030. The first kappa shape index (κ1) is 21.1. The van der Waals surface area contributed by atoms with E-state index in [0.717, 1.165) is 5.69 Å². The molecule has 0 fully saturated rings. The third kappa shape index (κ3) is 4.52. The van der Waals surface area contributed by atoms with Crippen molar-refractivity contribution in [2.24, 2.45) is 12.8 Å². The van der Waals surface area contributed by atoms with E-state index in [2.05, 4.69) is 10.4 Å². The predicted molar refractivity (Wildman–Crippen MR) is 112 cm³/mol. The van der Waals surface area contributed by atoms with E-state index in [9.17, 15) is 9.59 Å². The molecule has 3 N–H and O–H groups in total. The Labute approximate surface area is 174 Å². The maximum Gasteiger partial charge on any atom is 0.257 e. The summed E-state index contributed by atoms with van der Waals surface area (Å²) < 4.78 is 12.3. The number of aromatic nitrogens is 2. The fourth-order valence-corrected chi connectivity index (χ4v) is 3.02. The normalized spacial score (nSPS) is 10.7. The van der Waals surface area contributed by atoms with Crippen LogP contribution < -0.4 is 15.8 Å². The molecule has 3 aromatic rings. The largest absolute Gasteiger partial charge is 0.496 e. The number of nitrogens with zero attached hydrogens (tertiary/aromatic N) is 3. The number of methoxy groups -OCH3 is 1. The van der Waals surface area contributed by atoms with Crippen LogP contribution in [0.3, 0.4) is 0 Å². The molecule has 0 saturated heterocycles. The number of amides is 2. The minimum Gasteiger partial charge on any atom is -0.496 e. The number of furan rings is 1. The van der Waals surface area contributed by atoms with E-state index >= 15 is 0 Å². The highest BCUT2D eigenvalue weighted by molar-refractivity contribution is 6.06. The highest BCUT2D eigenvalue weighted by Gasteiger charge is 2.20. The Kier molecular flexibility index (Phi) is 6.53. The number of aryl methyl sites for hydroxylation is 1. The van der Waals surface area contributed by atoms with Gasteiger partial charge in [-0.3, -0.25) is 14.3 Å². The second-order valence-electron chi connectivity index (χ2n) is 6.75. The summed E-state index contributed by atoms with van der Waals surface area (Å²) in [6.45, 7) is 1.000. The third-order valence-corrected chi connectivity index (χ3v) is 4.63. The summed E-state index contributed by atoms with van der Waals surface area (Å²) >= 11 is 0. The average molecular weight is 411 g/mol. The van der Waals surface area contributed by atoms with Crippen molar-refractivity contribution < 1.29 is 18.7 Å². The molecule has 0 aliphatic rings. The zero-order valence-electron chi connectivity index (χ0n) is 17.2. The van der Waals surface area contributed by atoms with Gasteiger partial charge in [0.1, 0.15) is 11.4 Å². The Balaban J connectivity index is 1.81. The van der Waals surface area contributed by atoms with E-state index in [0.29, 0.717) is 48.0 Å². The van der Waals surface area contributed by atoms with Gasteiger partial charge in [0.2, 0.25) is 0 Å². The molecule has 30 heavy (non-hydrogen) atoms. The van der Waals surface area contributed by atoms with Crippen molar-refractivity contribution >= 4 is 17.6 Å². The van der Waals surface area contributed by atoms with Crippen molar-refractivity contribution in [3.63, 3.8) is 0 Å². The molecule has 0 atom stereocenters. The van der Waals surface area contributed by atoms with Crippen molar-refractivity contribution in [1.29, 1.82) is 0 Å². The molecule has 0 aliphatic heterocycles. The summed E-state index contributed by atoms with van der Waals surface area (Å²) in [5, 5.41) is 7.05. The lowest BCUT2D eigenvalue weighted by Gasteiger charge is -2.18. The van der Waals surface area contributed by atoms with Crippen LogP contribution in [-0.2, 0) is 7.05 Å². The van der Waals surface area contributed by atoms with E-state index in [-0.39, 0.29) is 11.8 Å². The van der Waals surface area contributed by atoms with Crippen LogP contribution in [0.25, 0.3) is 11.5 Å². The number of ether oxygens (including phenoxy) is 1. The van der Waals surface area contributed by atoms with E-state index in [4.69, 9.17) is 14.9 Å². The highest BCUT2D eigenvalue weighted by Crippen LogP contribution is 2.24. The number of nitrogens with one attached hydrogen (secondary N) is 1. The molecule has 0 radical (unpaired) electrons. The number of anilines is 1. The Hall–Kier alpha value is -3.59. The molecule has 2 amide bonds. The van der Waals surface area contributed by atoms with Crippen LogP contribution in [0.15, 0.2) is 47.1 Å². The summed E-state index contributed by atoms with van der Waals surface area (Å²) in [6.07, 6.45) is 2.25. The average Bonchev–Trinajstić information content (AvgIpc) is 3.40. The Morgan fingerprint density at radius 1 is 1.30 bits per heavy atom. The number of carbonyl (C=O) groups is 2. The molecular formula is C21H25N5O4. The molecule has 0 aliphatic carbocycles. The van der Waals surface area contributed by atoms with Gasteiger partial charge in [0.15, 0.2) is 11.6 Å². The van der Waals surface area contributed by atoms with Gasteiger partial charge in [-0.25, -0.2) is 0 Å². The van der Waals surface area contributed by atoms with E-state index < -0.39 is 0 Å². The van der Waals surface area contributed by atoms with Crippen LogP contribution in [0.4, 0.5) is 5.82 Å². The second-order valence-corrected chi connectivity index (χ2v) is 6.75. The zero-order valence-corrected chi connectivity index (χ0v) is 17.2. The monoisotopic (exact) mass is 411 g/mol. The van der Waals surface area contributed by atoms with Gasteiger partial charge in [0, 0.05) is 32.3 Å². The van der Waals surface area contributed by atoms with E-state index in [1.807, 2.05) is 6.07 Å². The van der Waals surface area contributed by atoms with Gasteiger partial charge < -0.3 is 25.1 Å². The fraction of sp³-hybridized carbons (Fsp3) is 0.286. The Morgan fingerprint density at radius 3 is 2.77 bits per heavy atom. The van der Waals surface area contributed by atoms with Gasteiger partial charge in [-0.2, -0.15) is 5.10 Å². The minimum absolute atomic E-state index is 0.243. The minimum atomic E-state index is -0.389. The van der Waals surface area contributed by atoms with Crippen LogP contribution in [0.1, 0.15) is 27.1 Å². The molecule has 1 aromatic carbocycles. The molecule has 3 rings (SSSR count). The van der Waals surface area contributed by atoms with E-state index in [1.54, 1.807) is 54.2 Å². The standard InChI is InChI=1S/C21H25N5O4/c1-25(10-5-9-22)21(28)15-12-14(7-8-17(15)29-3)20(27)23-19-13-16(26(2)24-19)18-6-4-11-30-18/h4,6-8,11-13H,5,9-10,22H2,1-3H3,(H,23,24,27). The number of rotatable bonds is 8. The second kappa shape index (κ2) is 9.27. The molecular weight excluding hydrogens is 386 g/mol. The molecule has 2 aromatic heterocycles.